The molecular formula is C14H18N6. The van der Waals surface area contributed by atoms with Crippen molar-refractivity contribution in [3.8, 4) is 0 Å². The van der Waals surface area contributed by atoms with Crippen LogP contribution in [-0.4, -0.2) is 26.4 Å². The van der Waals surface area contributed by atoms with E-state index in [2.05, 4.69) is 29.1 Å². The Morgan fingerprint density at radius 1 is 1.25 bits per heavy atom. The number of benzene rings is 1. The van der Waals surface area contributed by atoms with Crippen LogP contribution < -0.4 is 11.5 Å². The van der Waals surface area contributed by atoms with Gasteiger partial charge in [0.15, 0.2) is 5.65 Å². The summed E-state index contributed by atoms with van der Waals surface area (Å²) in [6.45, 7) is 4.76. The van der Waals surface area contributed by atoms with Crippen LogP contribution >= 0.6 is 0 Å². The lowest BCUT2D eigenvalue weighted by Crippen LogP contribution is -2.07. The zero-order chi connectivity index (χ0) is 14.3. The van der Waals surface area contributed by atoms with Crippen LogP contribution in [0.1, 0.15) is 31.0 Å². The van der Waals surface area contributed by atoms with E-state index >= 15 is 0 Å². The van der Waals surface area contributed by atoms with Gasteiger partial charge >= 0.3 is 0 Å². The molecule has 2 aromatic heterocycles. The Hall–Kier alpha value is -2.21. The first-order chi connectivity index (χ1) is 9.61. The molecule has 0 amide bonds. The van der Waals surface area contributed by atoms with Crippen molar-refractivity contribution in [1.29, 1.82) is 0 Å². The lowest BCUT2D eigenvalue weighted by molar-refractivity contribution is 0.793. The van der Waals surface area contributed by atoms with Gasteiger partial charge in [-0.1, -0.05) is 19.9 Å². The molecule has 0 radical (unpaired) electrons. The molecule has 0 bridgehead atoms. The molecular weight excluding hydrogens is 252 g/mol. The highest BCUT2D eigenvalue weighted by Gasteiger charge is 2.13. The van der Waals surface area contributed by atoms with Crippen LogP contribution in [0.2, 0.25) is 0 Å². The standard InChI is InChI=1S/C14H18N6/c1-8(2)10-7-12-17-18-14-11(20(12)19-10)4-3-9(5-6-15)13(14)16/h3-4,7-8H,5-6,15-16H2,1-2H3. The SMILES string of the molecule is CC(C)c1cc2nnc3c(N)c(CCN)ccc3n2n1. The summed E-state index contributed by atoms with van der Waals surface area (Å²) in [4.78, 5) is 0. The molecule has 6 heteroatoms. The van der Waals surface area contributed by atoms with Crippen molar-refractivity contribution < 1.29 is 0 Å². The maximum Gasteiger partial charge on any atom is 0.178 e. The number of hydrogen-bond donors (Lipinski definition) is 2. The van der Waals surface area contributed by atoms with Gasteiger partial charge in [-0.2, -0.15) is 5.10 Å². The summed E-state index contributed by atoms with van der Waals surface area (Å²) in [7, 11) is 0. The number of aromatic nitrogens is 4. The fourth-order valence-corrected chi connectivity index (χ4v) is 2.31. The summed E-state index contributed by atoms with van der Waals surface area (Å²) in [5.74, 6) is 0.348. The largest absolute Gasteiger partial charge is 0.397 e. The Kier molecular flexibility index (Phi) is 3.02. The number of nitrogen functional groups attached to an aromatic ring is 1. The third kappa shape index (κ3) is 1.89. The minimum Gasteiger partial charge on any atom is -0.397 e. The highest BCUT2D eigenvalue weighted by molar-refractivity contribution is 5.89. The highest BCUT2D eigenvalue weighted by atomic mass is 15.3. The maximum atomic E-state index is 6.16. The van der Waals surface area contributed by atoms with Crippen molar-refractivity contribution >= 4 is 22.4 Å². The molecule has 0 saturated carbocycles. The fraction of sp³-hybridized carbons (Fsp3) is 0.357. The van der Waals surface area contributed by atoms with E-state index in [0.717, 1.165) is 28.8 Å². The number of anilines is 1. The zero-order valence-corrected chi connectivity index (χ0v) is 11.7. The van der Waals surface area contributed by atoms with Crippen molar-refractivity contribution in [3.63, 3.8) is 0 Å². The second-order valence-corrected chi connectivity index (χ2v) is 5.24. The third-order valence-electron chi connectivity index (χ3n) is 3.48. The van der Waals surface area contributed by atoms with E-state index in [4.69, 9.17) is 11.5 Å². The third-order valence-corrected chi connectivity index (χ3v) is 3.48. The lowest BCUT2D eigenvalue weighted by atomic mass is 10.1. The molecule has 0 fully saturated rings. The molecule has 0 aliphatic heterocycles. The second-order valence-electron chi connectivity index (χ2n) is 5.24. The summed E-state index contributed by atoms with van der Waals surface area (Å²) in [5, 5.41) is 13.1. The molecule has 1 aromatic carbocycles. The smallest absolute Gasteiger partial charge is 0.178 e. The molecule has 0 unspecified atom stereocenters. The zero-order valence-electron chi connectivity index (χ0n) is 11.7. The molecule has 0 saturated heterocycles. The summed E-state index contributed by atoms with van der Waals surface area (Å²) in [5.41, 5.74) is 16.7. The predicted molar refractivity (Wildman–Crippen MR) is 79.5 cm³/mol. The average molecular weight is 270 g/mol. The Balaban J connectivity index is 2.29. The van der Waals surface area contributed by atoms with Gasteiger partial charge in [-0.15, -0.1) is 10.2 Å². The van der Waals surface area contributed by atoms with E-state index in [0.29, 0.717) is 23.7 Å². The van der Waals surface area contributed by atoms with Gasteiger partial charge in [0, 0.05) is 6.07 Å². The van der Waals surface area contributed by atoms with Crippen LogP contribution in [0.15, 0.2) is 18.2 Å². The van der Waals surface area contributed by atoms with E-state index in [1.54, 1.807) is 4.52 Å². The highest BCUT2D eigenvalue weighted by Crippen LogP contribution is 2.24. The van der Waals surface area contributed by atoms with Gasteiger partial charge in [-0.25, -0.2) is 4.52 Å². The molecule has 2 heterocycles. The lowest BCUT2D eigenvalue weighted by Gasteiger charge is -2.07. The van der Waals surface area contributed by atoms with Crippen molar-refractivity contribution in [3.05, 3.63) is 29.5 Å². The van der Waals surface area contributed by atoms with E-state index in [-0.39, 0.29) is 0 Å². The molecule has 0 aliphatic rings. The Bertz CT molecular complexity index is 774. The molecule has 4 N–H and O–H groups in total. The number of hydrogen-bond acceptors (Lipinski definition) is 5. The van der Waals surface area contributed by atoms with Gasteiger partial charge < -0.3 is 11.5 Å². The first-order valence-electron chi connectivity index (χ1n) is 6.75. The molecule has 0 atom stereocenters. The van der Waals surface area contributed by atoms with E-state index in [9.17, 15) is 0 Å². The van der Waals surface area contributed by atoms with Crippen LogP contribution in [0, 0.1) is 0 Å². The van der Waals surface area contributed by atoms with Gasteiger partial charge in [0.2, 0.25) is 0 Å². The minimum atomic E-state index is 0.348. The Morgan fingerprint density at radius 3 is 2.75 bits per heavy atom. The summed E-state index contributed by atoms with van der Waals surface area (Å²) < 4.78 is 1.81. The summed E-state index contributed by atoms with van der Waals surface area (Å²) in [6, 6.07) is 5.93. The topological polar surface area (TPSA) is 95.1 Å². The Labute approximate surface area is 116 Å². The van der Waals surface area contributed by atoms with Gasteiger partial charge in [-0.05, 0) is 30.5 Å². The first kappa shape index (κ1) is 12.8. The van der Waals surface area contributed by atoms with Gasteiger partial charge in [0.05, 0.1) is 16.9 Å². The number of nitrogens with zero attached hydrogens (tertiary/aromatic N) is 4. The van der Waals surface area contributed by atoms with Crippen LogP contribution in [0.3, 0.4) is 0 Å². The second kappa shape index (κ2) is 4.72. The first-order valence-corrected chi connectivity index (χ1v) is 6.75. The van der Waals surface area contributed by atoms with Gasteiger partial charge in [0.25, 0.3) is 0 Å². The maximum absolute atomic E-state index is 6.16. The monoisotopic (exact) mass is 270 g/mol. The number of rotatable bonds is 3. The van der Waals surface area contributed by atoms with Crippen LogP contribution in [0.25, 0.3) is 16.7 Å². The number of fused-ring (bicyclic) bond motifs is 3. The summed E-state index contributed by atoms with van der Waals surface area (Å²) >= 11 is 0. The molecule has 3 rings (SSSR count). The van der Waals surface area contributed by atoms with Crippen LogP contribution in [0.5, 0.6) is 0 Å². The Morgan fingerprint density at radius 2 is 2.05 bits per heavy atom. The average Bonchev–Trinajstić information content (AvgIpc) is 2.86. The molecule has 0 aliphatic carbocycles. The molecule has 6 nitrogen and oxygen atoms in total. The van der Waals surface area contributed by atoms with E-state index < -0.39 is 0 Å². The van der Waals surface area contributed by atoms with Gasteiger partial charge in [0.1, 0.15) is 5.52 Å². The van der Waals surface area contributed by atoms with E-state index in [1.807, 2.05) is 18.2 Å². The number of nitrogens with two attached hydrogens (primary N) is 2. The molecule has 0 spiro atoms. The van der Waals surface area contributed by atoms with Crippen LogP contribution in [0.4, 0.5) is 5.69 Å². The molecule has 104 valence electrons. The van der Waals surface area contributed by atoms with Crippen molar-refractivity contribution in [1.82, 2.24) is 19.8 Å². The molecule has 3 aromatic rings. The fourth-order valence-electron chi connectivity index (χ4n) is 2.31. The predicted octanol–water partition coefficient (Wildman–Crippen LogP) is 1.48. The summed E-state index contributed by atoms with van der Waals surface area (Å²) in [6.07, 6.45) is 0.734. The normalized spacial score (nSPS) is 11.8. The van der Waals surface area contributed by atoms with Crippen molar-refractivity contribution in [2.45, 2.75) is 26.2 Å². The molecule has 20 heavy (non-hydrogen) atoms. The van der Waals surface area contributed by atoms with Crippen LogP contribution in [-0.2, 0) is 6.42 Å². The minimum absolute atomic E-state index is 0.348. The quantitative estimate of drug-likeness (QED) is 0.703. The van der Waals surface area contributed by atoms with E-state index in [1.165, 1.54) is 0 Å². The van der Waals surface area contributed by atoms with Crippen molar-refractivity contribution in [2.75, 3.05) is 12.3 Å². The van der Waals surface area contributed by atoms with Gasteiger partial charge in [-0.3, -0.25) is 0 Å². The van der Waals surface area contributed by atoms with Crippen molar-refractivity contribution in [2.24, 2.45) is 5.73 Å².